The fraction of sp³-hybridized carbons (Fsp3) is 0.900. The normalized spacial score (nSPS) is 10.3. The second-order valence-corrected chi connectivity index (χ2v) is 2.89. The fourth-order valence-corrected chi connectivity index (χ4v) is 1.15. The highest BCUT2D eigenvalue weighted by molar-refractivity contribution is 4.69. The maximum Gasteiger partial charge on any atom is 0.0622 e. The largest absolute Gasteiger partial charge is 0.380 e. The highest BCUT2D eigenvalue weighted by atomic mass is 16.5. The molecule has 0 radical (unpaired) electrons. The van der Waals surface area contributed by atoms with Gasteiger partial charge in [0.15, 0.2) is 0 Å². The van der Waals surface area contributed by atoms with Gasteiger partial charge in [0.25, 0.3) is 0 Å². The van der Waals surface area contributed by atoms with Gasteiger partial charge < -0.3 is 9.64 Å². The van der Waals surface area contributed by atoms with Gasteiger partial charge in [-0.15, -0.1) is 0 Å². The van der Waals surface area contributed by atoms with Gasteiger partial charge in [-0.3, -0.25) is 0 Å². The molecule has 0 aromatic rings. The molecule has 0 aliphatic rings. The van der Waals surface area contributed by atoms with Crippen LogP contribution >= 0.6 is 0 Å². The van der Waals surface area contributed by atoms with Gasteiger partial charge in [-0.05, 0) is 26.4 Å². The maximum atomic E-state index is 8.37. The molecule has 3 nitrogen and oxygen atoms in total. The van der Waals surface area contributed by atoms with E-state index in [1.54, 1.807) is 0 Å². The van der Waals surface area contributed by atoms with Crippen molar-refractivity contribution in [1.29, 1.82) is 5.26 Å². The number of ether oxygens (including phenoxy) is 1. The summed E-state index contributed by atoms with van der Waals surface area (Å²) in [5.41, 5.74) is 0. The third-order valence-corrected chi connectivity index (χ3v) is 1.97. The summed E-state index contributed by atoms with van der Waals surface area (Å²) in [5, 5.41) is 8.37. The van der Waals surface area contributed by atoms with Gasteiger partial charge in [-0.25, -0.2) is 0 Å². The van der Waals surface area contributed by atoms with E-state index < -0.39 is 0 Å². The molecule has 0 aromatic heterocycles. The van der Waals surface area contributed by atoms with Crippen LogP contribution in [-0.2, 0) is 4.74 Å². The van der Waals surface area contributed by atoms with E-state index in [1.165, 1.54) is 0 Å². The molecule has 0 N–H and O–H groups in total. The van der Waals surface area contributed by atoms with Crippen molar-refractivity contribution in [3.05, 3.63) is 0 Å². The SMILES string of the molecule is CCOCCN(CC)CCCC#N. The first kappa shape index (κ1) is 12.4. The average molecular weight is 184 g/mol. The van der Waals surface area contributed by atoms with E-state index in [0.29, 0.717) is 6.42 Å². The van der Waals surface area contributed by atoms with E-state index >= 15 is 0 Å². The van der Waals surface area contributed by atoms with Crippen molar-refractivity contribution in [2.45, 2.75) is 26.7 Å². The summed E-state index contributed by atoms with van der Waals surface area (Å²) in [5.74, 6) is 0. The van der Waals surface area contributed by atoms with Crippen molar-refractivity contribution >= 4 is 0 Å². The van der Waals surface area contributed by atoms with Gasteiger partial charge in [0.05, 0.1) is 12.7 Å². The summed E-state index contributed by atoms with van der Waals surface area (Å²) < 4.78 is 5.27. The van der Waals surface area contributed by atoms with Crippen molar-refractivity contribution in [2.24, 2.45) is 0 Å². The van der Waals surface area contributed by atoms with E-state index in [0.717, 1.165) is 39.3 Å². The lowest BCUT2D eigenvalue weighted by Crippen LogP contribution is -2.28. The topological polar surface area (TPSA) is 36.3 Å². The molecule has 0 amide bonds. The molecule has 76 valence electrons. The molecule has 0 rings (SSSR count). The minimum Gasteiger partial charge on any atom is -0.380 e. The molecule has 0 atom stereocenters. The van der Waals surface area contributed by atoms with Crippen LogP contribution in [0.3, 0.4) is 0 Å². The number of likely N-dealkylation sites (N-methyl/N-ethyl adjacent to an activating group) is 1. The molecule has 0 saturated heterocycles. The molecule has 0 heterocycles. The molecule has 13 heavy (non-hydrogen) atoms. The molecule has 0 aliphatic heterocycles. The highest BCUT2D eigenvalue weighted by Crippen LogP contribution is 1.94. The zero-order chi connectivity index (χ0) is 9.94. The van der Waals surface area contributed by atoms with Crippen LogP contribution in [0.15, 0.2) is 0 Å². The van der Waals surface area contributed by atoms with Crippen LogP contribution in [0.2, 0.25) is 0 Å². The summed E-state index contributed by atoms with van der Waals surface area (Å²) in [6.45, 7) is 8.77. The van der Waals surface area contributed by atoms with E-state index in [2.05, 4.69) is 17.9 Å². The lowest BCUT2D eigenvalue weighted by Gasteiger charge is -2.19. The highest BCUT2D eigenvalue weighted by Gasteiger charge is 2.00. The molecule has 0 fully saturated rings. The van der Waals surface area contributed by atoms with Crippen molar-refractivity contribution < 1.29 is 4.74 Å². The number of hydrogen-bond acceptors (Lipinski definition) is 3. The maximum absolute atomic E-state index is 8.37. The van der Waals surface area contributed by atoms with Gasteiger partial charge in [-0.2, -0.15) is 5.26 Å². The van der Waals surface area contributed by atoms with Gasteiger partial charge in [-0.1, -0.05) is 6.92 Å². The lowest BCUT2D eigenvalue weighted by molar-refractivity contribution is 0.115. The number of unbranched alkanes of at least 4 members (excludes halogenated alkanes) is 1. The standard InChI is InChI=1S/C10H20N2O/c1-3-12(8-6-5-7-11)9-10-13-4-2/h3-6,8-10H2,1-2H3. The predicted octanol–water partition coefficient (Wildman–Crippen LogP) is 1.65. The summed E-state index contributed by atoms with van der Waals surface area (Å²) >= 11 is 0. The Morgan fingerprint density at radius 1 is 1.31 bits per heavy atom. The average Bonchev–Trinajstić information content (AvgIpc) is 2.16. The van der Waals surface area contributed by atoms with Crippen LogP contribution in [0, 0.1) is 11.3 Å². The van der Waals surface area contributed by atoms with Crippen molar-refractivity contribution in [2.75, 3.05) is 32.8 Å². The molecule has 0 unspecified atom stereocenters. The van der Waals surface area contributed by atoms with Crippen LogP contribution < -0.4 is 0 Å². The van der Waals surface area contributed by atoms with Gasteiger partial charge in [0.2, 0.25) is 0 Å². The molecule has 0 aromatic carbocycles. The van der Waals surface area contributed by atoms with Crippen LogP contribution in [0.4, 0.5) is 0 Å². The van der Waals surface area contributed by atoms with Crippen molar-refractivity contribution in [3.8, 4) is 6.07 Å². The van der Waals surface area contributed by atoms with Crippen LogP contribution in [-0.4, -0.2) is 37.7 Å². The Morgan fingerprint density at radius 3 is 2.62 bits per heavy atom. The summed E-state index contributed by atoms with van der Waals surface area (Å²) in [6, 6.07) is 2.16. The minimum absolute atomic E-state index is 0.658. The molecule has 3 heteroatoms. The van der Waals surface area contributed by atoms with Gasteiger partial charge in [0, 0.05) is 19.6 Å². The second-order valence-electron chi connectivity index (χ2n) is 2.89. The summed E-state index contributed by atoms with van der Waals surface area (Å²) in [4.78, 5) is 2.31. The number of rotatable bonds is 8. The van der Waals surface area contributed by atoms with E-state index in [1.807, 2.05) is 6.92 Å². The molecular weight excluding hydrogens is 164 g/mol. The monoisotopic (exact) mass is 184 g/mol. The van der Waals surface area contributed by atoms with Crippen LogP contribution in [0.5, 0.6) is 0 Å². The first-order valence-corrected chi connectivity index (χ1v) is 5.02. The van der Waals surface area contributed by atoms with Crippen LogP contribution in [0.1, 0.15) is 26.7 Å². The first-order valence-electron chi connectivity index (χ1n) is 5.02. The third kappa shape index (κ3) is 7.76. The van der Waals surface area contributed by atoms with E-state index in [4.69, 9.17) is 10.00 Å². The van der Waals surface area contributed by atoms with Gasteiger partial charge in [0.1, 0.15) is 0 Å². The Hall–Kier alpha value is -0.590. The zero-order valence-electron chi connectivity index (χ0n) is 8.75. The zero-order valence-corrected chi connectivity index (χ0v) is 8.75. The Kier molecular flexibility index (Phi) is 9.07. The minimum atomic E-state index is 0.658. The summed E-state index contributed by atoms with van der Waals surface area (Å²) in [6.07, 6.45) is 1.63. The number of hydrogen-bond donors (Lipinski definition) is 0. The molecule has 0 bridgehead atoms. The molecule has 0 aliphatic carbocycles. The molecule has 0 saturated carbocycles. The Balaban J connectivity index is 3.35. The third-order valence-electron chi connectivity index (χ3n) is 1.97. The summed E-state index contributed by atoms with van der Waals surface area (Å²) in [7, 11) is 0. The first-order chi connectivity index (χ1) is 6.35. The number of nitriles is 1. The molecular formula is C10H20N2O. The fourth-order valence-electron chi connectivity index (χ4n) is 1.15. The Labute approximate surface area is 81.3 Å². The van der Waals surface area contributed by atoms with E-state index in [9.17, 15) is 0 Å². The smallest absolute Gasteiger partial charge is 0.0622 e. The van der Waals surface area contributed by atoms with Crippen LogP contribution in [0.25, 0.3) is 0 Å². The Bertz CT molecular complexity index is 142. The second kappa shape index (κ2) is 9.50. The van der Waals surface area contributed by atoms with Gasteiger partial charge >= 0.3 is 0 Å². The lowest BCUT2D eigenvalue weighted by atomic mass is 10.3. The quantitative estimate of drug-likeness (QED) is 0.538. The van der Waals surface area contributed by atoms with Crippen molar-refractivity contribution in [3.63, 3.8) is 0 Å². The Morgan fingerprint density at radius 2 is 2.08 bits per heavy atom. The number of nitrogens with zero attached hydrogens (tertiary/aromatic N) is 2. The van der Waals surface area contributed by atoms with Crippen molar-refractivity contribution in [1.82, 2.24) is 4.90 Å². The molecule has 0 spiro atoms. The predicted molar refractivity (Wildman–Crippen MR) is 53.5 cm³/mol. The van der Waals surface area contributed by atoms with E-state index in [-0.39, 0.29) is 0 Å².